The van der Waals surface area contributed by atoms with Gasteiger partial charge in [-0.2, -0.15) is 0 Å². The van der Waals surface area contributed by atoms with Gasteiger partial charge in [0.1, 0.15) is 11.9 Å². The third kappa shape index (κ3) is 3.63. The van der Waals surface area contributed by atoms with Crippen LogP contribution in [0, 0.1) is 0 Å². The van der Waals surface area contributed by atoms with Gasteiger partial charge in [0.05, 0.1) is 34.2 Å². The Balaban J connectivity index is 1.75. The lowest BCUT2D eigenvalue weighted by Gasteiger charge is -2.24. The first kappa shape index (κ1) is 14.5. The van der Waals surface area contributed by atoms with Crippen LogP contribution in [0.3, 0.4) is 0 Å². The highest BCUT2D eigenvalue weighted by atomic mass is 35.5. The molecule has 21 heavy (non-hydrogen) atoms. The molecule has 2 N–H and O–H groups in total. The molecule has 5 nitrogen and oxygen atoms in total. The second-order valence-electron chi connectivity index (χ2n) is 4.64. The van der Waals surface area contributed by atoms with Gasteiger partial charge in [0.25, 0.3) is 0 Å². The van der Waals surface area contributed by atoms with E-state index in [1.165, 1.54) is 0 Å². The zero-order chi connectivity index (χ0) is 14.7. The molecule has 7 heteroatoms. The molecule has 1 fully saturated rings. The van der Waals surface area contributed by atoms with Crippen molar-refractivity contribution in [3.63, 3.8) is 0 Å². The number of hydrogen-bond acceptors (Lipinski definition) is 5. The molecular formula is C14H14Cl2N4O. The minimum absolute atomic E-state index is 0.103. The molecule has 0 spiro atoms. The molecule has 0 bridgehead atoms. The van der Waals surface area contributed by atoms with Gasteiger partial charge >= 0.3 is 0 Å². The Kier molecular flexibility index (Phi) is 4.55. The van der Waals surface area contributed by atoms with Crippen molar-refractivity contribution >= 4 is 34.7 Å². The number of nitrogens with zero attached hydrogens (tertiary/aromatic N) is 2. The number of nitrogens with one attached hydrogen (secondary N) is 2. The van der Waals surface area contributed by atoms with Crippen LogP contribution in [0.2, 0.25) is 10.0 Å². The quantitative estimate of drug-likeness (QED) is 0.908. The minimum Gasteiger partial charge on any atom is -0.369 e. The average Bonchev–Trinajstić information content (AvgIpc) is 2.51. The van der Waals surface area contributed by atoms with Crippen LogP contribution < -0.4 is 10.6 Å². The molecule has 2 aromatic heterocycles. The van der Waals surface area contributed by atoms with E-state index in [1.54, 1.807) is 24.5 Å². The standard InChI is InChI=1S/C14H14Cl2N4O/c15-9-1-2-13(18-6-9)20-10-5-11(16)14(19-7-10)12-8-17-3-4-21-12/h1-2,5-7,12,17H,3-4,8H2,(H,18,20)/t12-/m1/s1. The summed E-state index contributed by atoms with van der Waals surface area (Å²) in [7, 11) is 0. The van der Waals surface area contributed by atoms with Crippen LogP contribution in [0.4, 0.5) is 11.5 Å². The van der Waals surface area contributed by atoms with Gasteiger partial charge in [-0.05, 0) is 18.2 Å². The predicted octanol–water partition coefficient (Wildman–Crippen LogP) is 3.19. The van der Waals surface area contributed by atoms with E-state index in [4.69, 9.17) is 27.9 Å². The summed E-state index contributed by atoms with van der Waals surface area (Å²) in [6, 6.07) is 5.37. The maximum absolute atomic E-state index is 6.30. The van der Waals surface area contributed by atoms with Gasteiger partial charge in [-0.15, -0.1) is 0 Å². The SMILES string of the molecule is Clc1ccc(Nc2cnc([C@H]3CNCCO3)c(Cl)c2)nc1. The highest BCUT2D eigenvalue weighted by molar-refractivity contribution is 6.31. The summed E-state index contributed by atoms with van der Waals surface area (Å²) in [6.07, 6.45) is 3.19. The van der Waals surface area contributed by atoms with E-state index < -0.39 is 0 Å². The van der Waals surface area contributed by atoms with Crippen molar-refractivity contribution in [3.8, 4) is 0 Å². The number of ether oxygens (including phenoxy) is 1. The summed E-state index contributed by atoms with van der Waals surface area (Å²) in [4.78, 5) is 8.57. The fourth-order valence-corrected chi connectivity index (χ4v) is 2.49. The van der Waals surface area contributed by atoms with Crippen LogP contribution in [-0.4, -0.2) is 29.7 Å². The highest BCUT2D eigenvalue weighted by Crippen LogP contribution is 2.27. The Morgan fingerprint density at radius 3 is 2.81 bits per heavy atom. The molecule has 1 saturated heterocycles. The van der Waals surface area contributed by atoms with Gasteiger partial charge in [-0.1, -0.05) is 23.2 Å². The summed E-state index contributed by atoms with van der Waals surface area (Å²) < 4.78 is 5.66. The number of anilines is 2. The van der Waals surface area contributed by atoms with Crippen LogP contribution in [0.25, 0.3) is 0 Å². The maximum atomic E-state index is 6.30. The first-order valence-corrected chi connectivity index (χ1v) is 7.34. The van der Waals surface area contributed by atoms with Crippen LogP contribution >= 0.6 is 23.2 Å². The lowest BCUT2D eigenvalue weighted by molar-refractivity contribution is 0.0251. The molecule has 110 valence electrons. The molecule has 0 amide bonds. The summed E-state index contributed by atoms with van der Waals surface area (Å²) >= 11 is 12.1. The van der Waals surface area contributed by atoms with Crippen molar-refractivity contribution in [2.45, 2.75) is 6.10 Å². The lowest BCUT2D eigenvalue weighted by atomic mass is 10.2. The van der Waals surface area contributed by atoms with E-state index >= 15 is 0 Å². The zero-order valence-corrected chi connectivity index (χ0v) is 12.7. The van der Waals surface area contributed by atoms with Crippen molar-refractivity contribution < 1.29 is 4.74 Å². The minimum atomic E-state index is -0.103. The molecule has 3 rings (SSSR count). The van der Waals surface area contributed by atoms with E-state index in [0.717, 1.165) is 24.5 Å². The Labute approximate surface area is 132 Å². The number of aromatic nitrogens is 2. The number of pyridine rings is 2. The summed E-state index contributed by atoms with van der Waals surface area (Å²) in [6.45, 7) is 2.24. The molecule has 0 aliphatic carbocycles. The molecule has 3 heterocycles. The van der Waals surface area contributed by atoms with Crippen LogP contribution in [0.1, 0.15) is 11.8 Å². The van der Waals surface area contributed by atoms with Crippen molar-refractivity contribution in [2.24, 2.45) is 0 Å². The normalized spacial score (nSPS) is 18.5. The van der Waals surface area contributed by atoms with Crippen LogP contribution in [0.5, 0.6) is 0 Å². The maximum Gasteiger partial charge on any atom is 0.130 e. The predicted molar refractivity (Wildman–Crippen MR) is 83.3 cm³/mol. The number of rotatable bonds is 3. The largest absolute Gasteiger partial charge is 0.369 e. The van der Waals surface area contributed by atoms with E-state index in [9.17, 15) is 0 Å². The third-order valence-corrected chi connectivity index (χ3v) is 3.63. The topological polar surface area (TPSA) is 59.1 Å². The van der Waals surface area contributed by atoms with E-state index in [2.05, 4.69) is 20.6 Å². The average molecular weight is 325 g/mol. The van der Waals surface area contributed by atoms with Gasteiger partial charge < -0.3 is 15.4 Å². The van der Waals surface area contributed by atoms with Crippen LogP contribution in [-0.2, 0) is 4.74 Å². The van der Waals surface area contributed by atoms with Crippen LogP contribution in [0.15, 0.2) is 30.6 Å². The second kappa shape index (κ2) is 6.58. The van der Waals surface area contributed by atoms with Crippen molar-refractivity contribution in [1.82, 2.24) is 15.3 Å². The van der Waals surface area contributed by atoms with E-state index in [-0.39, 0.29) is 6.10 Å². The lowest BCUT2D eigenvalue weighted by Crippen LogP contribution is -2.33. The molecule has 0 radical (unpaired) electrons. The Morgan fingerprint density at radius 2 is 2.14 bits per heavy atom. The molecular weight excluding hydrogens is 311 g/mol. The molecule has 2 aromatic rings. The Morgan fingerprint density at radius 1 is 1.24 bits per heavy atom. The number of hydrogen-bond donors (Lipinski definition) is 2. The summed E-state index contributed by atoms with van der Waals surface area (Å²) in [5.41, 5.74) is 1.51. The summed E-state index contributed by atoms with van der Waals surface area (Å²) in [5, 5.41) is 7.55. The van der Waals surface area contributed by atoms with E-state index in [0.29, 0.717) is 22.5 Å². The monoisotopic (exact) mass is 324 g/mol. The molecule has 1 aliphatic heterocycles. The summed E-state index contributed by atoms with van der Waals surface area (Å²) in [5.74, 6) is 0.681. The fraction of sp³-hybridized carbons (Fsp3) is 0.286. The second-order valence-corrected chi connectivity index (χ2v) is 5.48. The first-order chi connectivity index (χ1) is 10.2. The smallest absolute Gasteiger partial charge is 0.130 e. The fourth-order valence-electron chi connectivity index (χ4n) is 2.09. The van der Waals surface area contributed by atoms with Crippen molar-refractivity contribution in [2.75, 3.05) is 25.0 Å². The zero-order valence-electron chi connectivity index (χ0n) is 11.1. The van der Waals surface area contributed by atoms with Gasteiger partial charge in [-0.3, -0.25) is 4.98 Å². The number of morpholine rings is 1. The molecule has 0 unspecified atom stereocenters. The molecule has 1 aliphatic rings. The molecule has 0 saturated carbocycles. The highest BCUT2D eigenvalue weighted by Gasteiger charge is 2.20. The van der Waals surface area contributed by atoms with Crippen molar-refractivity contribution in [3.05, 3.63) is 46.3 Å². The molecule has 1 atom stereocenters. The van der Waals surface area contributed by atoms with Gasteiger partial charge in [0.15, 0.2) is 0 Å². The Hall–Kier alpha value is -1.40. The van der Waals surface area contributed by atoms with E-state index in [1.807, 2.05) is 6.07 Å². The molecule has 0 aromatic carbocycles. The van der Waals surface area contributed by atoms with Gasteiger partial charge in [0, 0.05) is 19.3 Å². The first-order valence-electron chi connectivity index (χ1n) is 6.59. The van der Waals surface area contributed by atoms with Crippen molar-refractivity contribution in [1.29, 1.82) is 0 Å². The van der Waals surface area contributed by atoms with Gasteiger partial charge in [0.2, 0.25) is 0 Å². The number of halogens is 2. The third-order valence-electron chi connectivity index (χ3n) is 3.10. The van der Waals surface area contributed by atoms with Gasteiger partial charge in [-0.25, -0.2) is 4.98 Å². The Bertz CT molecular complexity index is 615.